The normalized spacial score (nSPS) is 59.0. The fourth-order valence-corrected chi connectivity index (χ4v) is 5.11. The lowest BCUT2D eigenvalue weighted by atomic mass is 9.52. The zero-order valence-electron chi connectivity index (χ0n) is 11.7. The van der Waals surface area contributed by atoms with Gasteiger partial charge in [0.05, 0.1) is 11.3 Å². The monoisotopic (exact) mass is 264 g/mol. The predicted octanol–water partition coefficient (Wildman–Crippen LogP) is 1.85. The van der Waals surface area contributed by atoms with Crippen LogP contribution in [0.4, 0.5) is 0 Å². The van der Waals surface area contributed by atoms with Crippen molar-refractivity contribution in [1.82, 2.24) is 0 Å². The molecule has 4 fully saturated rings. The Morgan fingerprint density at radius 3 is 2.68 bits per heavy atom. The van der Waals surface area contributed by atoms with Gasteiger partial charge in [0.1, 0.15) is 23.1 Å². The number of esters is 1. The largest absolute Gasteiger partial charge is 0.459 e. The average molecular weight is 264 g/mol. The topological polar surface area (TPSA) is 55.9 Å². The molecule has 0 amide bonds. The first-order valence-corrected chi connectivity index (χ1v) is 7.30. The van der Waals surface area contributed by atoms with Crippen LogP contribution in [0.2, 0.25) is 0 Å². The van der Waals surface area contributed by atoms with Crippen LogP contribution in [0.25, 0.3) is 0 Å². The van der Waals surface area contributed by atoms with E-state index in [1.807, 2.05) is 13.8 Å². The van der Waals surface area contributed by atoms with E-state index in [1.54, 1.807) is 0 Å². The van der Waals surface area contributed by atoms with Crippen molar-refractivity contribution in [2.75, 3.05) is 0 Å². The van der Waals surface area contributed by atoms with Crippen molar-refractivity contribution in [3.05, 3.63) is 0 Å². The molecule has 0 aromatic carbocycles. The smallest absolute Gasteiger partial charge is 0.309 e. The Balaban J connectivity index is 1.85. The van der Waals surface area contributed by atoms with Crippen molar-refractivity contribution < 1.29 is 19.1 Å². The summed E-state index contributed by atoms with van der Waals surface area (Å²) in [5, 5.41) is 0. The predicted molar refractivity (Wildman–Crippen MR) is 66.3 cm³/mol. The highest BCUT2D eigenvalue weighted by molar-refractivity contribution is 5.91. The molecule has 2 saturated heterocycles. The Morgan fingerprint density at radius 2 is 1.95 bits per heavy atom. The summed E-state index contributed by atoms with van der Waals surface area (Å²) in [5.41, 5.74) is -1.28. The molecular weight excluding hydrogens is 244 g/mol. The van der Waals surface area contributed by atoms with Crippen molar-refractivity contribution >= 4 is 11.8 Å². The van der Waals surface area contributed by atoms with E-state index in [9.17, 15) is 9.59 Å². The molecule has 6 atom stereocenters. The zero-order chi connectivity index (χ0) is 13.6. The number of carbonyl (C=O) groups excluding carboxylic acids is 2. The second-order valence-electron chi connectivity index (χ2n) is 7.19. The van der Waals surface area contributed by atoms with E-state index >= 15 is 0 Å². The molecule has 2 aliphatic heterocycles. The molecule has 104 valence electrons. The van der Waals surface area contributed by atoms with E-state index in [-0.39, 0.29) is 35.3 Å². The molecule has 0 radical (unpaired) electrons. The van der Waals surface area contributed by atoms with E-state index < -0.39 is 11.0 Å². The highest BCUT2D eigenvalue weighted by Gasteiger charge is 2.85. The maximum atomic E-state index is 12.7. The third kappa shape index (κ3) is 1.04. The minimum atomic E-state index is -0.543. The minimum Gasteiger partial charge on any atom is -0.459 e. The summed E-state index contributed by atoms with van der Waals surface area (Å²) in [7, 11) is 0. The van der Waals surface area contributed by atoms with Crippen LogP contribution in [-0.4, -0.2) is 29.1 Å². The maximum Gasteiger partial charge on any atom is 0.309 e. The highest BCUT2D eigenvalue weighted by Crippen LogP contribution is 2.72. The summed E-state index contributed by atoms with van der Waals surface area (Å²) >= 11 is 0. The van der Waals surface area contributed by atoms with Gasteiger partial charge in [-0.15, -0.1) is 0 Å². The first-order chi connectivity index (χ1) is 8.86. The van der Waals surface area contributed by atoms with Gasteiger partial charge in [0.15, 0.2) is 0 Å². The fraction of sp³-hybridized carbons (Fsp3) is 0.867. The van der Waals surface area contributed by atoms with Crippen LogP contribution in [0.1, 0.15) is 46.5 Å². The van der Waals surface area contributed by atoms with Gasteiger partial charge in [-0.05, 0) is 33.1 Å². The van der Waals surface area contributed by atoms with Gasteiger partial charge < -0.3 is 9.47 Å². The van der Waals surface area contributed by atoms with Gasteiger partial charge in [0, 0.05) is 12.3 Å². The van der Waals surface area contributed by atoms with Crippen LogP contribution in [-0.2, 0) is 19.1 Å². The van der Waals surface area contributed by atoms with Crippen LogP contribution >= 0.6 is 0 Å². The van der Waals surface area contributed by atoms with Crippen LogP contribution in [0, 0.1) is 17.3 Å². The van der Waals surface area contributed by atoms with Gasteiger partial charge in [-0.3, -0.25) is 9.59 Å². The summed E-state index contributed by atoms with van der Waals surface area (Å²) < 4.78 is 11.8. The second kappa shape index (κ2) is 3.05. The molecule has 4 rings (SSSR count). The van der Waals surface area contributed by atoms with Gasteiger partial charge in [-0.2, -0.15) is 0 Å². The number of epoxide rings is 1. The molecule has 0 N–H and O–H groups in total. The van der Waals surface area contributed by atoms with Crippen molar-refractivity contribution in [1.29, 1.82) is 0 Å². The summed E-state index contributed by atoms with van der Waals surface area (Å²) in [5.74, 6) is -0.0663. The summed E-state index contributed by atoms with van der Waals surface area (Å²) in [4.78, 5) is 24.6. The number of Topliss-reactive ketones (excluding diaryl/α,β-unsaturated/α-hetero) is 1. The lowest BCUT2D eigenvalue weighted by Crippen LogP contribution is -2.61. The third-order valence-electron chi connectivity index (χ3n) is 6.36. The van der Waals surface area contributed by atoms with Gasteiger partial charge in [0.2, 0.25) is 0 Å². The van der Waals surface area contributed by atoms with Gasteiger partial charge in [-0.25, -0.2) is 0 Å². The van der Waals surface area contributed by atoms with Crippen molar-refractivity contribution in [3.8, 4) is 0 Å². The molecule has 2 heterocycles. The number of carbonyl (C=O) groups is 2. The number of fused-ring (bicyclic) bond motifs is 1. The standard InChI is InChI=1S/C15H20O4/c1-8-9-7-10(16)13(2)5-4-6-14(3)15(13,19-14)11(9)18-12(8)17/h8-9,11H,4-7H2,1-3H3/t8-,9+,11-,13-,14+,15-/m1/s1. The molecule has 2 saturated carbocycles. The van der Waals surface area contributed by atoms with Crippen molar-refractivity contribution in [2.24, 2.45) is 17.3 Å². The molecule has 4 aliphatic rings. The SMILES string of the molecule is C[C@H]1C(=O)O[C@@H]2[C@H]1CC(=O)[C@@]1(C)CCC[C@]3(C)O[C@@]231. The first kappa shape index (κ1) is 11.9. The second-order valence-corrected chi connectivity index (χ2v) is 7.19. The molecule has 2 aliphatic carbocycles. The molecule has 0 aromatic heterocycles. The number of rotatable bonds is 0. The molecule has 0 unspecified atom stereocenters. The fourth-order valence-electron chi connectivity index (χ4n) is 5.11. The lowest BCUT2D eigenvalue weighted by Gasteiger charge is -2.47. The Bertz CT molecular complexity index is 500. The van der Waals surface area contributed by atoms with E-state index in [2.05, 4.69) is 6.92 Å². The van der Waals surface area contributed by atoms with E-state index in [4.69, 9.17) is 9.47 Å². The van der Waals surface area contributed by atoms with Crippen LogP contribution < -0.4 is 0 Å². The molecular formula is C15H20O4. The minimum absolute atomic E-state index is 0.00741. The Kier molecular flexibility index (Phi) is 1.91. The molecule has 0 aromatic rings. The number of hydrogen-bond acceptors (Lipinski definition) is 4. The zero-order valence-corrected chi connectivity index (χ0v) is 11.7. The number of hydrogen-bond donors (Lipinski definition) is 0. The quantitative estimate of drug-likeness (QED) is 0.495. The van der Waals surface area contributed by atoms with Crippen molar-refractivity contribution in [2.45, 2.75) is 63.8 Å². The summed E-state index contributed by atoms with van der Waals surface area (Å²) in [6.45, 7) is 5.98. The van der Waals surface area contributed by atoms with E-state index in [0.717, 1.165) is 19.3 Å². The average Bonchev–Trinajstić information content (AvgIpc) is 2.90. The summed E-state index contributed by atoms with van der Waals surface area (Å²) in [6, 6.07) is 0. The van der Waals surface area contributed by atoms with E-state index in [0.29, 0.717) is 6.42 Å². The maximum absolute atomic E-state index is 12.7. The number of ketones is 1. The lowest BCUT2D eigenvalue weighted by molar-refractivity contribution is -0.158. The highest BCUT2D eigenvalue weighted by atomic mass is 16.7. The third-order valence-corrected chi connectivity index (χ3v) is 6.36. The Hall–Kier alpha value is -0.900. The Labute approximate surface area is 112 Å². The molecule has 4 heteroatoms. The van der Waals surface area contributed by atoms with Crippen LogP contribution in [0.15, 0.2) is 0 Å². The van der Waals surface area contributed by atoms with Gasteiger partial charge in [-0.1, -0.05) is 6.92 Å². The van der Waals surface area contributed by atoms with Crippen LogP contribution in [0.5, 0.6) is 0 Å². The first-order valence-electron chi connectivity index (χ1n) is 7.30. The summed E-state index contributed by atoms with van der Waals surface area (Å²) in [6.07, 6.45) is 3.08. The Morgan fingerprint density at radius 1 is 1.21 bits per heavy atom. The number of ether oxygens (including phenoxy) is 2. The van der Waals surface area contributed by atoms with Crippen molar-refractivity contribution in [3.63, 3.8) is 0 Å². The molecule has 4 nitrogen and oxygen atoms in total. The van der Waals surface area contributed by atoms with Crippen LogP contribution in [0.3, 0.4) is 0 Å². The van der Waals surface area contributed by atoms with Gasteiger partial charge in [0.25, 0.3) is 0 Å². The molecule has 0 bridgehead atoms. The molecule has 1 spiro atoms. The molecule has 19 heavy (non-hydrogen) atoms. The van der Waals surface area contributed by atoms with E-state index in [1.165, 1.54) is 0 Å². The van der Waals surface area contributed by atoms with Gasteiger partial charge >= 0.3 is 5.97 Å².